The van der Waals surface area contributed by atoms with Gasteiger partial charge in [0.15, 0.2) is 0 Å². The molecule has 140 valence electrons. The minimum absolute atomic E-state index is 0.0161. The van der Waals surface area contributed by atoms with Crippen molar-refractivity contribution in [3.63, 3.8) is 0 Å². The summed E-state index contributed by atoms with van der Waals surface area (Å²) in [5.74, 6) is -1.48. The van der Waals surface area contributed by atoms with E-state index in [0.29, 0.717) is 11.3 Å². The van der Waals surface area contributed by atoms with Crippen LogP contribution in [-0.2, 0) is 14.4 Å². The molecule has 0 radical (unpaired) electrons. The standard InChI is InChI=1S/C18H17N3O4S2/c1-8-6-27-17-13(16(23)21(17)14(8)18(24)25)20-15(22)12(19)10-7-26-11-5-3-2-4-9(10)11/h2-5,7,12-13,17H,6,19H2,1H3,(H,20,22)(H,24,25)/t12-,13?,17?/m1/s1. The number of thioether (sulfide) groups is 1. The lowest BCUT2D eigenvalue weighted by molar-refractivity contribution is -0.150. The number of hydrogen-bond donors (Lipinski definition) is 3. The lowest BCUT2D eigenvalue weighted by Crippen LogP contribution is -2.71. The number of carboxylic acid groups (broad SMARTS) is 1. The van der Waals surface area contributed by atoms with Gasteiger partial charge < -0.3 is 16.2 Å². The van der Waals surface area contributed by atoms with Crippen molar-refractivity contribution in [3.8, 4) is 0 Å². The van der Waals surface area contributed by atoms with Crippen molar-refractivity contribution in [2.45, 2.75) is 24.4 Å². The molecule has 0 bridgehead atoms. The number of thiophene rings is 1. The number of nitrogens with zero attached hydrogens (tertiary/aromatic N) is 1. The summed E-state index contributed by atoms with van der Waals surface area (Å²) in [6, 6.07) is 6.02. The van der Waals surface area contributed by atoms with E-state index in [-0.39, 0.29) is 5.70 Å². The number of rotatable bonds is 4. The summed E-state index contributed by atoms with van der Waals surface area (Å²) < 4.78 is 1.04. The van der Waals surface area contributed by atoms with Gasteiger partial charge in [0.1, 0.15) is 23.2 Å². The van der Waals surface area contributed by atoms with Crippen LogP contribution in [0.2, 0.25) is 0 Å². The minimum Gasteiger partial charge on any atom is -0.477 e. The zero-order chi connectivity index (χ0) is 19.3. The zero-order valence-corrected chi connectivity index (χ0v) is 16.0. The van der Waals surface area contributed by atoms with Gasteiger partial charge in [0.25, 0.3) is 5.91 Å². The molecule has 1 fully saturated rings. The molecule has 4 N–H and O–H groups in total. The molecule has 2 aromatic rings. The number of nitrogens with one attached hydrogen (secondary N) is 1. The first-order valence-electron chi connectivity index (χ1n) is 8.30. The lowest BCUT2D eigenvalue weighted by atomic mass is 10.0. The van der Waals surface area contributed by atoms with Gasteiger partial charge in [0.05, 0.1) is 0 Å². The highest BCUT2D eigenvalue weighted by Gasteiger charge is 2.53. The second-order valence-corrected chi connectivity index (χ2v) is 8.51. The van der Waals surface area contributed by atoms with Crippen molar-refractivity contribution in [3.05, 3.63) is 46.5 Å². The summed E-state index contributed by atoms with van der Waals surface area (Å²) in [5.41, 5.74) is 7.52. The molecule has 27 heavy (non-hydrogen) atoms. The fraction of sp³-hybridized carbons (Fsp3) is 0.278. The van der Waals surface area contributed by atoms with E-state index in [0.717, 1.165) is 15.6 Å². The fourth-order valence-electron chi connectivity index (χ4n) is 3.40. The second-order valence-electron chi connectivity index (χ2n) is 6.50. The van der Waals surface area contributed by atoms with Crippen LogP contribution in [0.5, 0.6) is 0 Å². The van der Waals surface area contributed by atoms with Crippen molar-refractivity contribution < 1.29 is 19.5 Å². The summed E-state index contributed by atoms with van der Waals surface area (Å²) in [7, 11) is 0. The van der Waals surface area contributed by atoms with Crippen LogP contribution < -0.4 is 11.1 Å². The van der Waals surface area contributed by atoms with E-state index >= 15 is 0 Å². The van der Waals surface area contributed by atoms with Crippen molar-refractivity contribution >= 4 is 51.0 Å². The molecule has 4 rings (SSSR count). The number of nitrogens with two attached hydrogens (primary N) is 1. The number of aliphatic carboxylic acids is 1. The van der Waals surface area contributed by atoms with E-state index < -0.39 is 35.2 Å². The Morgan fingerprint density at radius 3 is 2.85 bits per heavy atom. The minimum atomic E-state index is -1.13. The Balaban J connectivity index is 1.51. The third-order valence-electron chi connectivity index (χ3n) is 4.79. The zero-order valence-electron chi connectivity index (χ0n) is 14.3. The number of carbonyl (C=O) groups is 3. The Hall–Kier alpha value is -2.36. The molecule has 2 amide bonds. The van der Waals surface area contributed by atoms with Gasteiger partial charge in [-0.1, -0.05) is 18.2 Å². The third kappa shape index (κ3) is 2.82. The number of hydrogen-bond acceptors (Lipinski definition) is 6. The highest BCUT2D eigenvalue weighted by Crippen LogP contribution is 2.40. The molecule has 2 aliphatic rings. The van der Waals surface area contributed by atoms with Crippen LogP contribution in [0.3, 0.4) is 0 Å². The van der Waals surface area contributed by atoms with Gasteiger partial charge >= 0.3 is 5.97 Å². The molecule has 1 saturated heterocycles. The fourth-order valence-corrected chi connectivity index (χ4v) is 5.69. The smallest absolute Gasteiger partial charge is 0.352 e. The van der Waals surface area contributed by atoms with E-state index in [1.807, 2.05) is 29.6 Å². The average Bonchev–Trinajstić information content (AvgIpc) is 3.08. The molecular formula is C18H17N3O4S2. The van der Waals surface area contributed by atoms with Gasteiger partial charge in [-0.15, -0.1) is 23.1 Å². The van der Waals surface area contributed by atoms with Crippen LogP contribution in [0, 0.1) is 0 Å². The van der Waals surface area contributed by atoms with E-state index in [9.17, 15) is 19.5 Å². The second kappa shape index (κ2) is 6.66. The Kier molecular flexibility index (Phi) is 4.45. The Labute approximate surface area is 163 Å². The number of carbonyl (C=O) groups excluding carboxylic acids is 2. The predicted molar refractivity (Wildman–Crippen MR) is 104 cm³/mol. The first-order valence-corrected chi connectivity index (χ1v) is 10.2. The van der Waals surface area contributed by atoms with Crippen LogP contribution in [0.1, 0.15) is 18.5 Å². The molecule has 1 aromatic carbocycles. The lowest BCUT2D eigenvalue weighted by Gasteiger charge is -2.49. The molecule has 0 spiro atoms. The van der Waals surface area contributed by atoms with E-state index in [4.69, 9.17) is 5.73 Å². The molecular weight excluding hydrogens is 386 g/mol. The van der Waals surface area contributed by atoms with Crippen molar-refractivity contribution in [2.75, 3.05) is 5.75 Å². The van der Waals surface area contributed by atoms with Crippen molar-refractivity contribution in [1.82, 2.24) is 10.2 Å². The van der Waals surface area contributed by atoms with Gasteiger partial charge in [0, 0.05) is 10.5 Å². The maximum atomic E-state index is 12.6. The molecule has 9 heteroatoms. The van der Waals surface area contributed by atoms with E-state index in [2.05, 4.69) is 5.32 Å². The Bertz CT molecular complexity index is 999. The van der Waals surface area contributed by atoms with Crippen LogP contribution in [0.25, 0.3) is 10.1 Å². The Morgan fingerprint density at radius 1 is 1.37 bits per heavy atom. The molecule has 3 atom stereocenters. The largest absolute Gasteiger partial charge is 0.477 e. The first kappa shape index (κ1) is 18.0. The quantitative estimate of drug-likeness (QED) is 0.669. The molecule has 0 saturated carbocycles. The summed E-state index contributed by atoms with van der Waals surface area (Å²) in [6.45, 7) is 1.70. The summed E-state index contributed by atoms with van der Waals surface area (Å²) in [6.07, 6.45) is 0. The predicted octanol–water partition coefficient (Wildman–Crippen LogP) is 1.66. The van der Waals surface area contributed by atoms with Gasteiger partial charge in [-0.2, -0.15) is 0 Å². The van der Waals surface area contributed by atoms with E-state index in [1.54, 1.807) is 6.92 Å². The van der Waals surface area contributed by atoms with Crippen molar-refractivity contribution in [1.29, 1.82) is 0 Å². The summed E-state index contributed by atoms with van der Waals surface area (Å²) >= 11 is 2.95. The number of fused-ring (bicyclic) bond motifs is 2. The number of amides is 2. The average molecular weight is 403 g/mol. The summed E-state index contributed by atoms with van der Waals surface area (Å²) in [5, 5.41) is 14.4. The highest BCUT2D eigenvalue weighted by molar-refractivity contribution is 8.00. The maximum Gasteiger partial charge on any atom is 0.352 e. The SMILES string of the molecule is CC1=C(C(=O)O)N2C(=O)C(NC(=O)[C@H](N)c3csc4ccccc34)C2SC1. The molecule has 0 aliphatic carbocycles. The highest BCUT2D eigenvalue weighted by atomic mass is 32.2. The monoisotopic (exact) mass is 403 g/mol. The van der Waals surface area contributed by atoms with Crippen LogP contribution in [0.15, 0.2) is 40.9 Å². The number of β-lactam (4-membered cyclic amide) rings is 1. The van der Waals surface area contributed by atoms with Gasteiger partial charge in [-0.05, 0) is 34.9 Å². The molecule has 3 heterocycles. The Morgan fingerprint density at radius 2 is 2.11 bits per heavy atom. The van der Waals surface area contributed by atoms with Crippen LogP contribution >= 0.6 is 23.1 Å². The number of carboxylic acids is 1. The molecule has 2 aliphatic heterocycles. The van der Waals surface area contributed by atoms with Gasteiger partial charge in [0.2, 0.25) is 5.91 Å². The first-order chi connectivity index (χ1) is 12.9. The third-order valence-corrected chi connectivity index (χ3v) is 7.19. The maximum absolute atomic E-state index is 12.6. The normalized spacial score (nSPS) is 23.0. The molecule has 7 nitrogen and oxygen atoms in total. The van der Waals surface area contributed by atoms with Crippen LogP contribution in [-0.4, -0.2) is 45.0 Å². The van der Waals surface area contributed by atoms with Crippen LogP contribution in [0.4, 0.5) is 0 Å². The van der Waals surface area contributed by atoms with Gasteiger partial charge in [-0.25, -0.2) is 4.79 Å². The summed E-state index contributed by atoms with van der Waals surface area (Å²) in [4.78, 5) is 37.8. The molecule has 1 aromatic heterocycles. The van der Waals surface area contributed by atoms with E-state index in [1.165, 1.54) is 28.0 Å². The van der Waals surface area contributed by atoms with Crippen molar-refractivity contribution in [2.24, 2.45) is 5.73 Å². The molecule has 2 unspecified atom stereocenters. The number of benzene rings is 1. The van der Waals surface area contributed by atoms with Gasteiger partial charge in [-0.3, -0.25) is 14.5 Å². The topological polar surface area (TPSA) is 113 Å².